The predicted molar refractivity (Wildman–Crippen MR) is 35.8 cm³/mol. The molecule has 48 valence electrons. The molecule has 0 saturated carbocycles. The van der Waals surface area contributed by atoms with Gasteiger partial charge in [0, 0.05) is 19.1 Å². The molecule has 1 aliphatic rings. The molecule has 0 atom stereocenters. The van der Waals surface area contributed by atoms with Gasteiger partial charge in [0.05, 0.1) is 5.71 Å². The summed E-state index contributed by atoms with van der Waals surface area (Å²) < 4.78 is 0. The average molecular weight is 124 g/mol. The fourth-order valence-electron chi connectivity index (χ4n) is 0.704. The van der Waals surface area contributed by atoms with Crippen LogP contribution in [0, 0.1) is 0 Å². The Balaban J connectivity index is 2.39. The first-order valence-corrected chi connectivity index (χ1v) is 2.85. The van der Waals surface area contributed by atoms with E-state index in [1.54, 1.807) is 13.1 Å². The maximum atomic E-state index is 10.5. The van der Waals surface area contributed by atoms with Gasteiger partial charge in [-0.3, -0.25) is 4.79 Å². The zero-order valence-corrected chi connectivity index (χ0v) is 5.29. The zero-order valence-electron chi connectivity index (χ0n) is 5.29. The van der Waals surface area contributed by atoms with Crippen LogP contribution in [0.15, 0.2) is 10.2 Å². The molecular weight excluding hydrogens is 116 g/mol. The minimum absolute atomic E-state index is 0.152. The molecule has 3 nitrogen and oxygen atoms in total. The SMILES string of the molecule is CC(=O)CC1=NN=CC1. The normalized spacial score (nSPS) is 15.9. The summed E-state index contributed by atoms with van der Waals surface area (Å²) in [5, 5.41) is 7.37. The van der Waals surface area contributed by atoms with E-state index in [1.165, 1.54) is 0 Å². The van der Waals surface area contributed by atoms with E-state index in [0.29, 0.717) is 6.42 Å². The van der Waals surface area contributed by atoms with Gasteiger partial charge in [-0.25, -0.2) is 0 Å². The van der Waals surface area contributed by atoms with Crippen LogP contribution < -0.4 is 0 Å². The van der Waals surface area contributed by atoms with Gasteiger partial charge in [-0.1, -0.05) is 0 Å². The van der Waals surface area contributed by atoms with E-state index >= 15 is 0 Å². The minimum Gasteiger partial charge on any atom is -0.300 e. The molecule has 1 aliphatic heterocycles. The molecule has 0 radical (unpaired) electrons. The lowest BCUT2D eigenvalue weighted by molar-refractivity contribution is -0.115. The zero-order chi connectivity index (χ0) is 6.69. The lowest BCUT2D eigenvalue weighted by Gasteiger charge is -1.89. The highest BCUT2D eigenvalue weighted by atomic mass is 16.1. The highest BCUT2D eigenvalue weighted by Crippen LogP contribution is 1.99. The van der Waals surface area contributed by atoms with Gasteiger partial charge in [0.25, 0.3) is 0 Å². The van der Waals surface area contributed by atoms with Gasteiger partial charge >= 0.3 is 0 Å². The molecule has 0 aromatic carbocycles. The Morgan fingerprint density at radius 3 is 3.11 bits per heavy atom. The third kappa shape index (κ3) is 1.76. The van der Waals surface area contributed by atoms with Crippen molar-refractivity contribution in [1.29, 1.82) is 0 Å². The highest BCUT2D eigenvalue weighted by Gasteiger charge is 2.04. The molecule has 3 heteroatoms. The van der Waals surface area contributed by atoms with Crippen LogP contribution in [0.3, 0.4) is 0 Å². The van der Waals surface area contributed by atoms with Crippen LogP contribution in [0.5, 0.6) is 0 Å². The smallest absolute Gasteiger partial charge is 0.135 e. The first-order valence-electron chi connectivity index (χ1n) is 2.85. The Morgan fingerprint density at radius 2 is 2.67 bits per heavy atom. The summed E-state index contributed by atoms with van der Waals surface area (Å²) in [6.07, 6.45) is 2.91. The summed E-state index contributed by atoms with van der Waals surface area (Å²) in [7, 11) is 0. The van der Waals surface area contributed by atoms with Crippen molar-refractivity contribution in [2.75, 3.05) is 0 Å². The van der Waals surface area contributed by atoms with Gasteiger partial charge in [-0.2, -0.15) is 10.2 Å². The minimum atomic E-state index is 0.152. The Labute approximate surface area is 53.5 Å². The van der Waals surface area contributed by atoms with Gasteiger partial charge < -0.3 is 0 Å². The predicted octanol–water partition coefficient (Wildman–Crippen LogP) is 0.796. The van der Waals surface area contributed by atoms with Gasteiger partial charge in [0.2, 0.25) is 0 Å². The molecule has 0 N–H and O–H groups in total. The topological polar surface area (TPSA) is 41.8 Å². The van der Waals surface area contributed by atoms with Crippen molar-refractivity contribution < 1.29 is 4.79 Å². The second-order valence-corrected chi connectivity index (χ2v) is 2.05. The molecular formula is C6H8N2O. The molecule has 0 bridgehead atoms. The third-order valence-electron chi connectivity index (χ3n) is 1.06. The summed E-state index contributed by atoms with van der Waals surface area (Å²) in [4.78, 5) is 10.5. The molecule has 0 spiro atoms. The van der Waals surface area contributed by atoms with Crippen molar-refractivity contribution in [3.05, 3.63) is 0 Å². The quantitative estimate of drug-likeness (QED) is 0.536. The van der Waals surface area contributed by atoms with Crippen LogP contribution in [0.1, 0.15) is 19.8 Å². The van der Waals surface area contributed by atoms with Crippen LogP contribution in [0.25, 0.3) is 0 Å². The monoisotopic (exact) mass is 124 g/mol. The van der Waals surface area contributed by atoms with Crippen molar-refractivity contribution >= 4 is 17.7 Å². The third-order valence-corrected chi connectivity index (χ3v) is 1.06. The van der Waals surface area contributed by atoms with Crippen LogP contribution in [0.2, 0.25) is 0 Å². The molecule has 0 amide bonds. The summed E-state index contributed by atoms with van der Waals surface area (Å²) >= 11 is 0. The number of hydrogen-bond acceptors (Lipinski definition) is 3. The molecule has 0 fully saturated rings. The standard InChI is InChI=1S/C6H8N2O/c1-5(9)4-6-2-3-7-8-6/h3H,2,4H2,1H3. The fraction of sp³-hybridized carbons (Fsp3) is 0.500. The number of ketones is 1. The summed E-state index contributed by atoms with van der Waals surface area (Å²) in [6.45, 7) is 1.56. The van der Waals surface area contributed by atoms with Crippen LogP contribution in [-0.2, 0) is 4.79 Å². The van der Waals surface area contributed by atoms with E-state index < -0.39 is 0 Å². The van der Waals surface area contributed by atoms with E-state index in [2.05, 4.69) is 10.2 Å². The number of carbonyl (C=O) groups is 1. The first kappa shape index (κ1) is 6.13. The summed E-state index contributed by atoms with van der Waals surface area (Å²) in [6, 6.07) is 0. The highest BCUT2D eigenvalue weighted by molar-refractivity contribution is 6.07. The van der Waals surface area contributed by atoms with Crippen molar-refractivity contribution in [2.45, 2.75) is 19.8 Å². The number of nitrogens with zero attached hydrogens (tertiary/aromatic N) is 2. The number of hydrogen-bond donors (Lipinski definition) is 0. The summed E-state index contributed by atoms with van der Waals surface area (Å²) in [5.74, 6) is 0.152. The van der Waals surface area contributed by atoms with Gasteiger partial charge in [0.1, 0.15) is 5.78 Å². The van der Waals surface area contributed by atoms with Gasteiger partial charge in [0.15, 0.2) is 0 Å². The van der Waals surface area contributed by atoms with Gasteiger partial charge in [-0.15, -0.1) is 0 Å². The lowest BCUT2D eigenvalue weighted by Crippen LogP contribution is -2.01. The largest absolute Gasteiger partial charge is 0.300 e. The summed E-state index contributed by atoms with van der Waals surface area (Å²) in [5.41, 5.74) is 0.877. The number of Topliss-reactive ketones (excluding diaryl/α,β-unsaturated/α-hetero) is 1. The Bertz CT molecular complexity index is 181. The molecule has 1 rings (SSSR count). The number of carbonyl (C=O) groups excluding carboxylic acids is 1. The van der Waals surface area contributed by atoms with Crippen molar-refractivity contribution in [2.24, 2.45) is 10.2 Å². The maximum absolute atomic E-state index is 10.5. The molecule has 0 aromatic rings. The van der Waals surface area contributed by atoms with Gasteiger partial charge in [-0.05, 0) is 6.92 Å². The molecule has 9 heavy (non-hydrogen) atoms. The Kier molecular flexibility index (Phi) is 1.72. The van der Waals surface area contributed by atoms with Crippen LogP contribution in [-0.4, -0.2) is 17.7 Å². The molecule has 0 aromatic heterocycles. The van der Waals surface area contributed by atoms with E-state index in [0.717, 1.165) is 12.1 Å². The van der Waals surface area contributed by atoms with Crippen LogP contribution in [0.4, 0.5) is 0 Å². The molecule has 1 heterocycles. The van der Waals surface area contributed by atoms with E-state index in [4.69, 9.17) is 0 Å². The van der Waals surface area contributed by atoms with Crippen LogP contribution >= 0.6 is 0 Å². The maximum Gasteiger partial charge on any atom is 0.135 e. The molecule has 0 aliphatic carbocycles. The Hall–Kier alpha value is -0.990. The van der Waals surface area contributed by atoms with Crippen molar-refractivity contribution in [3.8, 4) is 0 Å². The number of rotatable bonds is 2. The first-order chi connectivity index (χ1) is 4.29. The van der Waals surface area contributed by atoms with Crippen molar-refractivity contribution in [1.82, 2.24) is 0 Å². The van der Waals surface area contributed by atoms with E-state index in [1.807, 2.05) is 0 Å². The molecule has 0 saturated heterocycles. The Morgan fingerprint density at radius 1 is 1.89 bits per heavy atom. The lowest BCUT2D eigenvalue weighted by atomic mass is 10.2. The average Bonchev–Trinajstić information content (AvgIpc) is 2.15. The second-order valence-electron chi connectivity index (χ2n) is 2.05. The molecule has 0 unspecified atom stereocenters. The van der Waals surface area contributed by atoms with E-state index in [9.17, 15) is 4.79 Å². The fourth-order valence-corrected chi connectivity index (χ4v) is 0.704. The van der Waals surface area contributed by atoms with E-state index in [-0.39, 0.29) is 5.78 Å². The van der Waals surface area contributed by atoms with Crippen molar-refractivity contribution in [3.63, 3.8) is 0 Å². The second kappa shape index (κ2) is 2.53.